The van der Waals surface area contributed by atoms with E-state index >= 15 is 0 Å². The fourth-order valence-corrected chi connectivity index (χ4v) is 3.65. The zero-order valence-electron chi connectivity index (χ0n) is 20.8. The molecule has 1 aromatic rings. The molecule has 5 nitrogen and oxygen atoms in total. The van der Waals surface area contributed by atoms with Crippen molar-refractivity contribution in [2.45, 2.75) is 98.0 Å². The third-order valence-electron chi connectivity index (χ3n) is 5.44. The van der Waals surface area contributed by atoms with Crippen molar-refractivity contribution in [3.8, 4) is 5.75 Å². The van der Waals surface area contributed by atoms with Gasteiger partial charge in [-0.1, -0.05) is 32.9 Å². The molecule has 0 aliphatic heterocycles. The van der Waals surface area contributed by atoms with Gasteiger partial charge in [0.2, 0.25) is 0 Å². The molecule has 0 unspecified atom stereocenters. The third kappa shape index (κ3) is 9.52. The molecular weight excluding hydrogens is 394 g/mol. The van der Waals surface area contributed by atoms with Crippen molar-refractivity contribution in [3.05, 3.63) is 29.3 Å². The molecule has 1 aromatic carbocycles. The van der Waals surface area contributed by atoms with E-state index in [1.54, 1.807) is 0 Å². The second kappa shape index (κ2) is 10.7. The van der Waals surface area contributed by atoms with Crippen molar-refractivity contribution in [1.82, 2.24) is 5.32 Å². The number of nitrogens with one attached hydrogen (secondary N) is 1. The van der Waals surface area contributed by atoms with Crippen molar-refractivity contribution in [3.63, 3.8) is 0 Å². The van der Waals surface area contributed by atoms with Crippen LogP contribution in [0.3, 0.4) is 0 Å². The van der Waals surface area contributed by atoms with Crippen LogP contribution in [0.4, 0.5) is 4.79 Å². The molecule has 0 saturated carbocycles. The van der Waals surface area contributed by atoms with Gasteiger partial charge in [0.1, 0.15) is 18.0 Å². The molecule has 0 aromatic heterocycles. The average molecular weight is 438 g/mol. The van der Waals surface area contributed by atoms with Crippen LogP contribution in [-0.4, -0.2) is 39.3 Å². The second-order valence-electron chi connectivity index (χ2n) is 10.7. The number of aryl methyl sites for hydroxylation is 2. The van der Waals surface area contributed by atoms with Crippen LogP contribution in [0.2, 0.25) is 18.1 Å². The minimum atomic E-state index is -1.76. The molecule has 6 heteroatoms. The van der Waals surface area contributed by atoms with Crippen LogP contribution < -0.4 is 10.1 Å². The summed E-state index contributed by atoms with van der Waals surface area (Å²) in [5, 5.41) is 3.10. The van der Waals surface area contributed by atoms with Gasteiger partial charge in [0.25, 0.3) is 0 Å². The first-order chi connectivity index (χ1) is 13.6. The van der Waals surface area contributed by atoms with E-state index in [-0.39, 0.29) is 17.2 Å². The third-order valence-corrected chi connectivity index (χ3v) is 9.98. The Labute approximate surface area is 185 Å². The highest BCUT2D eigenvalue weighted by atomic mass is 28.4. The van der Waals surface area contributed by atoms with Crippen LogP contribution in [-0.2, 0) is 15.6 Å². The van der Waals surface area contributed by atoms with E-state index < -0.39 is 13.9 Å². The normalized spacial score (nSPS) is 13.7. The van der Waals surface area contributed by atoms with Crippen LogP contribution in [0, 0.1) is 6.92 Å². The summed E-state index contributed by atoms with van der Waals surface area (Å²) in [6, 6.07) is 6.30. The first kappa shape index (κ1) is 26.5. The molecule has 172 valence electrons. The Kier molecular flexibility index (Phi) is 9.42. The van der Waals surface area contributed by atoms with Crippen molar-refractivity contribution in [2.24, 2.45) is 0 Å². The predicted octanol–water partition coefficient (Wildman–Crippen LogP) is 6.24. The lowest BCUT2D eigenvalue weighted by Gasteiger charge is -2.36. The summed E-state index contributed by atoms with van der Waals surface area (Å²) in [5.41, 5.74) is 1.82. The largest absolute Gasteiger partial charge is 0.491 e. The fourth-order valence-electron chi connectivity index (χ4n) is 2.62. The summed E-state index contributed by atoms with van der Waals surface area (Å²) in [4.78, 5) is 11.9. The highest BCUT2D eigenvalue weighted by Crippen LogP contribution is 2.36. The van der Waals surface area contributed by atoms with Crippen LogP contribution in [0.5, 0.6) is 5.75 Å². The average Bonchev–Trinajstić information content (AvgIpc) is 2.55. The highest BCUT2D eigenvalue weighted by molar-refractivity contribution is 6.74. The fraction of sp³-hybridized carbons (Fsp3) is 0.708. The zero-order chi connectivity index (χ0) is 23.2. The molecule has 0 spiro atoms. The summed E-state index contributed by atoms with van der Waals surface area (Å²) in [6.07, 6.45) is 1.24. The van der Waals surface area contributed by atoms with Gasteiger partial charge in [0, 0.05) is 6.04 Å². The molecule has 1 atom stereocenters. The molecule has 1 rings (SSSR count). The van der Waals surface area contributed by atoms with E-state index in [9.17, 15) is 4.79 Å². The second-order valence-corrected chi connectivity index (χ2v) is 15.5. The first-order valence-corrected chi connectivity index (χ1v) is 13.9. The number of amides is 1. The topological polar surface area (TPSA) is 56.8 Å². The molecule has 0 aliphatic carbocycles. The van der Waals surface area contributed by atoms with Crippen LogP contribution in [0.15, 0.2) is 18.2 Å². The van der Waals surface area contributed by atoms with Crippen molar-refractivity contribution >= 4 is 14.4 Å². The van der Waals surface area contributed by atoms with Crippen LogP contribution in [0.1, 0.15) is 66.0 Å². The van der Waals surface area contributed by atoms with Gasteiger partial charge >= 0.3 is 6.09 Å². The summed E-state index contributed by atoms with van der Waals surface area (Å²) >= 11 is 0. The predicted molar refractivity (Wildman–Crippen MR) is 127 cm³/mol. The Hall–Kier alpha value is -1.53. The maximum Gasteiger partial charge on any atom is 0.407 e. The minimum Gasteiger partial charge on any atom is -0.491 e. The molecule has 0 aliphatic rings. The molecule has 0 saturated heterocycles. The number of carbonyl (C=O) groups excluding carboxylic acids is 1. The summed E-state index contributed by atoms with van der Waals surface area (Å²) in [6.45, 7) is 22.0. The first-order valence-electron chi connectivity index (χ1n) is 11.0. The lowest BCUT2D eigenvalue weighted by Crippen LogP contribution is -2.41. The number of carbonyl (C=O) groups is 1. The van der Waals surface area contributed by atoms with Gasteiger partial charge < -0.3 is 19.2 Å². The molecule has 0 fully saturated rings. The summed E-state index contributed by atoms with van der Waals surface area (Å²) in [5.74, 6) is 0.901. The smallest absolute Gasteiger partial charge is 0.407 e. The SMILES string of the molecule is Cc1ccc(CC[C@@H](C)NC(=O)OC(C)(C)C)c(OCCO[Si](C)(C)C(C)(C)C)c1. The summed E-state index contributed by atoms with van der Waals surface area (Å²) < 4.78 is 17.6. The van der Waals surface area contributed by atoms with E-state index in [1.807, 2.05) is 27.7 Å². The van der Waals surface area contributed by atoms with Gasteiger partial charge in [-0.3, -0.25) is 0 Å². The van der Waals surface area contributed by atoms with E-state index in [2.05, 4.69) is 64.3 Å². The standard InChI is InChI=1S/C24H43NO4Si/c1-18-11-13-20(14-12-19(2)25-22(26)29-23(3,4)5)21(17-18)27-15-16-28-30(9,10)24(6,7)8/h11,13,17,19H,12,14-16H2,1-10H3,(H,25,26)/t19-/m1/s1. The molecule has 1 amide bonds. The minimum absolute atomic E-state index is 0.0101. The van der Waals surface area contributed by atoms with Gasteiger partial charge in [0.15, 0.2) is 8.32 Å². The Bertz CT molecular complexity index is 689. The van der Waals surface area contributed by atoms with Gasteiger partial charge in [-0.15, -0.1) is 0 Å². The van der Waals surface area contributed by atoms with Crippen LogP contribution >= 0.6 is 0 Å². The molecular formula is C24H43NO4Si. The number of rotatable bonds is 9. The number of alkyl carbamates (subject to hydrolysis) is 1. The number of ether oxygens (including phenoxy) is 2. The summed E-state index contributed by atoms with van der Waals surface area (Å²) in [7, 11) is -1.76. The molecule has 0 bridgehead atoms. The Balaban J connectivity index is 2.59. The number of hydrogen-bond donors (Lipinski definition) is 1. The monoisotopic (exact) mass is 437 g/mol. The Morgan fingerprint density at radius 2 is 1.73 bits per heavy atom. The lowest BCUT2D eigenvalue weighted by molar-refractivity contribution is 0.0506. The van der Waals surface area contributed by atoms with E-state index in [0.29, 0.717) is 13.2 Å². The number of benzene rings is 1. The van der Waals surface area contributed by atoms with Crippen LogP contribution in [0.25, 0.3) is 0 Å². The molecule has 0 radical (unpaired) electrons. The highest BCUT2D eigenvalue weighted by Gasteiger charge is 2.36. The molecule has 0 heterocycles. The molecule has 30 heavy (non-hydrogen) atoms. The van der Waals surface area contributed by atoms with E-state index in [0.717, 1.165) is 24.2 Å². The van der Waals surface area contributed by atoms with E-state index in [4.69, 9.17) is 13.9 Å². The Morgan fingerprint density at radius 1 is 1.10 bits per heavy atom. The maximum absolute atomic E-state index is 11.9. The number of hydrogen-bond acceptors (Lipinski definition) is 4. The maximum atomic E-state index is 11.9. The van der Waals surface area contributed by atoms with Crippen molar-refractivity contribution in [1.29, 1.82) is 0 Å². The van der Waals surface area contributed by atoms with Gasteiger partial charge in [-0.2, -0.15) is 0 Å². The molecule has 1 N–H and O–H groups in total. The quantitative estimate of drug-likeness (QED) is 0.367. The zero-order valence-corrected chi connectivity index (χ0v) is 21.8. The van der Waals surface area contributed by atoms with Gasteiger partial charge in [-0.25, -0.2) is 4.79 Å². The lowest BCUT2D eigenvalue weighted by atomic mass is 10.0. The van der Waals surface area contributed by atoms with Crippen molar-refractivity contribution < 1.29 is 18.7 Å². The van der Waals surface area contributed by atoms with E-state index in [1.165, 1.54) is 5.56 Å². The Morgan fingerprint density at radius 3 is 2.30 bits per heavy atom. The van der Waals surface area contributed by atoms with Crippen molar-refractivity contribution in [2.75, 3.05) is 13.2 Å². The van der Waals surface area contributed by atoms with Gasteiger partial charge in [-0.05, 0) is 82.8 Å². The van der Waals surface area contributed by atoms with Gasteiger partial charge in [0.05, 0.1) is 6.61 Å².